The van der Waals surface area contributed by atoms with E-state index in [-0.39, 0.29) is 144 Å². The molecule has 5 aromatic rings. The van der Waals surface area contributed by atoms with E-state index in [0.29, 0.717) is 42.6 Å². The Morgan fingerprint density at radius 3 is 2.17 bits per heavy atom. The van der Waals surface area contributed by atoms with Crippen molar-refractivity contribution in [3.05, 3.63) is 121 Å². The SMILES string of the molecule is CO[C@H]1/C=C/O[C@@]2(C)Oc3c(C)c(O)c4c(=O)c(c5oc6cc(N7CCN(C(=O)OCc8ccc(NC(=O)[C@H](CCCNC(N)=O)CC(=O)[C@@H](NC(=O)CCCCCN9C(=O)C=CC9=O)C(C)C)cc8)CC7)cc(=O)c6nc5c4c3=C2O)NC(=O)/C(C)=C\C=C\[C@H](C)[C@H](O)[C@@H](C)[C@@H](O)[C@@H](C)[C@H](O)[C@@H]1C. The van der Waals surface area contributed by atoms with E-state index >= 15 is 4.79 Å². The van der Waals surface area contributed by atoms with Gasteiger partial charge in [-0.05, 0) is 69.2 Å². The predicted molar refractivity (Wildman–Crippen MR) is 386 cm³/mol. The van der Waals surface area contributed by atoms with Crippen molar-refractivity contribution in [1.82, 2.24) is 25.4 Å². The number of unbranched alkanes of at least 4 members (excludes halogenated alkanes) is 2. The molecule has 1 saturated heterocycles. The smallest absolute Gasteiger partial charge is 0.410 e. The van der Waals surface area contributed by atoms with Crippen LogP contribution in [0.5, 0.6) is 11.5 Å². The monoisotopic (exact) mass is 1440 g/mol. The van der Waals surface area contributed by atoms with Gasteiger partial charge >= 0.3 is 17.9 Å². The lowest BCUT2D eigenvalue weighted by molar-refractivity contribution is -0.137. The summed E-state index contributed by atoms with van der Waals surface area (Å²) >= 11 is 0. The van der Waals surface area contributed by atoms with Crippen LogP contribution < -0.4 is 52.7 Å². The van der Waals surface area contributed by atoms with Gasteiger partial charge in [0, 0.05) is 148 Å². The molecule has 0 unspecified atom stereocenters. The van der Waals surface area contributed by atoms with Gasteiger partial charge in [-0.15, -0.1) is 0 Å². The number of hydrogen-bond acceptors (Lipinski definition) is 22. The maximum atomic E-state index is 15.1. The van der Waals surface area contributed by atoms with E-state index in [1.165, 1.54) is 81.6 Å². The number of Topliss-reactive ketones (excluding diaryl/α,β-unsaturated/α-hetero) is 1. The number of aliphatic hydroxyl groups is 4. The van der Waals surface area contributed by atoms with E-state index < -0.39 is 123 Å². The Labute approximate surface area is 599 Å². The molecule has 0 spiro atoms. The second-order valence-electron chi connectivity index (χ2n) is 27.7. The second kappa shape index (κ2) is 33.5. The van der Waals surface area contributed by atoms with E-state index in [2.05, 4.69) is 21.3 Å². The minimum atomic E-state index is -2.05. The van der Waals surface area contributed by atoms with Gasteiger partial charge in [0.15, 0.2) is 28.2 Å². The molecule has 104 heavy (non-hydrogen) atoms. The number of anilines is 3. The van der Waals surface area contributed by atoms with E-state index in [9.17, 15) is 68.7 Å². The number of amides is 8. The molecular weight excluding hydrogens is 1350 g/mol. The number of urea groups is 1. The van der Waals surface area contributed by atoms with Gasteiger partial charge < -0.3 is 85.7 Å². The Morgan fingerprint density at radius 2 is 1.51 bits per heavy atom. The Bertz CT molecular complexity index is 4430. The molecule has 0 radical (unpaired) electrons. The molecule has 1 fully saturated rings. The highest BCUT2D eigenvalue weighted by Crippen LogP contribution is 2.43. The Balaban J connectivity index is 0.900. The molecule has 9 rings (SSSR count). The third-order valence-corrected chi connectivity index (χ3v) is 20.0. The number of ketones is 1. The molecule has 8 amide bonds. The highest BCUT2D eigenvalue weighted by molar-refractivity contribution is 6.17. The lowest BCUT2D eigenvalue weighted by Crippen LogP contribution is -2.49. The molecule has 0 saturated carbocycles. The fraction of sp³-hybridized carbons (Fsp3) is 0.480. The molecule has 558 valence electrons. The zero-order valence-electron chi connectivity index (χ0n) is 60.0. The number of fused-ring (bicyclic) bond motifs is 2. The van der Waals surface area contributed by atoms with Crippen LogP contribution in [0.1, 0.15) is 111 Å². The quantitative estimate of drug-likeness (QED) is 0.0173. The number of imide groups is 1. The third kappa shape index (κ3) is 17.3. The number of nitrogens with one attached hydrogen (secondary N) is 4. The number of carbonyl (C=O) groups is 8. The number of aromatic hydroxyl groups is 1. The van der Waals surface area contributed by atoms with E-state index in [1.54, 1.807) is 71.9 Å². The van der Waals surface area contributed by atoms with Crippen molar-refractivity contribution in [2.24, 2.45) is 41.2 Å². The maximum Gasteiger partial charge on any atom is 0.410 e. The largest absolute Gasteiger partial charge is 0.507 e. The van der Waals surface area contributed by atoms with Crippen LogP contribution in [0.3, 0.4) is 0 Å². The number of nitrogens with two attached hydrogens (primary N) is 1. The highest BCUT2D eigenvalue weighted by atomic mass is 16.7. The van der Waals surface area contributed by atoms with Crippen molar-refractivity contribution >= 4 is 103 Å². The van der Waals surface area contributed by atoms with Gasteiger partial charge in [-0.1, -0.05) is 78.3 Å². The van der Waals surface area contributed by atoms with Crippen molar-refractivity contribution in [2.45, 2.75) is 150 Å². The zero-order valence-corrected chi connectivity index (χ0v) is 60.0. The number of phenolic OH excluding ortho intramolecular Hbond substituents is 1. The molecule has 4 aliphatic heterocycles. The summed E-state index contributed by atoms with van der Waals surface area (Å²) in [5.41, 5.74) is 3.66. The number of piperazine rings is 1. The van der Waals surface area contributed by atoms with Gasteiger partial charge in [0.05, 0.1) is 47.3 Å². The summed E-state index contributed by atoms with van der Waals surface area (Å²) in [6, 6.07) is 7.74. The van der Waals surface area contributed by atoms with Crippen LogP contribution in [0.25, 0.3) is 38.7 Å². The average molecular weight is 1440 g/mol. The van der Waals surface area contributed by atoms with Gasteiger partial charge in [0.1, 0.15) is 29.3 Å². The molecule has 5 heterocycles. The molecule has 4 aromatic carbocycles. The van der Waals surface area contributed by atoms with Crippen LogP contribution in [0.4, 0.5) is 26.7 Å². The zero-order chi connectivity index (χ0) is 75.8. The number of nitrogens with zero attached hydrogens (tertiary/aromatic N) is 4. The number of ether oxygens (including phenoxy) is 4. The normalized spacial score (nSPS) is 24.2. The summed E-state index contributed by atoms with van der Waals surface area (Å²) in [5.74, 6) is -9.99. The van der Waals surface area contributed by atoms with Gasteiger partial charge in [0.25, 0.3) is 17.7 Å². The number of allylic oxidation sites excluding steroid dienone is 2. The van der Waals surface area contributed by atoms with Crippen molar-refractivity contribution in [2.75, 3.05) is 61.9 Å². The van der Waals surface area contributed by atoms with Crippen LogP contribution in [0, 0.1) is 42.4 Å². The molecule has 4 bridgehead atoms. The highest BCUT2D eigenvalue weighted by Gasteiger charge is 2.44. The standard InChI is InChI=1S/C75H93N9O20/c1-38(2)59(79-53(87)19-12-11-13-28-84-54(88)24-25-55(84)89)49(85)34-46(18-15-27-77-73(76)98)72(97)78-47-22-20-45(21-23-47)37-101-74(99)83-31-29-82(30-32-83)48-35-50(86)60-52(36-48)103-69-61(80-60)56-57-66(93)44(8)68-58(56)70(95)75(9,104-68)102-33-26-51(100-10)41(5)64(91)43(7)65(92)42(6)63(90)39(3)16-14-17-40(4)71(96)81-62(69)67(57)94/h14,16-17,20-26,33,35-36,38-39,41-43,46,51,59,63-65,90-93,95H,11-13,15,18-19,27-32,34,37H2,1-10H3,(H,78,97)(H,79,87)(H,81,96)(H3,76,77,98)/b16-14+,33-26+,40-17-/t39-,41+,42+,43-,46+,51-,59-,63-,64+,65+,75-/m0/s1. The molecule has 29 nitrogen and oxygen atoms in total. The van der Waals surface area contributed by atoms with Crippen LogP contribution in [0.2, 0.25) is 0 Å². The first-order valence-corrected chi connectivity index (χ1v) is 34.9. The minimum Gasteiger partial charge on any atom is -0.507 e. The molecule has 11 N–H and O–H groups in total. The Morgan fingerprint density at radius 1 is 0.837 bits per heavy atom. The van der Waals surface area contributed by atoms with Crippen molar-refractivity contribution in [1.29, 1.82) is 0 Å². The second-order valence-corrected chi connectivity index (χ2v) is 27.7. The van der Waals surface area contributed by atoms with Crippen LogP contribution >= 0.6 is 0 Å². The van der Waals surface area contributed by atoms with Crippen LogP contribution in [0.15, 0.2) is 98.7 Å². The molecule has 1 aromatic heterocycles. The first-order chi connectivity index (χ1) is 49.3. The van der Waals surface area contributed by atoms with Gasteiger partial charge in [0.2, 0.25) is 22.7 Å². The number of aromatic nitrogens is 1. The van der Waals surface area contributed by atoms with Gasteiger partial charge in [-0.3, -0.25) is 43.3 Å². The van der Waals surface area contributed by atoms with Gasteiger partial charge in [-0.2, -0.15) is 0 Å². The summed E-state index contributed by atoms with van der Waals surface area (Å²) < 4.78 is 30.4. The first-order valence-electron chi connectivity index (χ1n) is 34.9. The maximum absolute atomic E-state index is 15.1. The molecule has 0 aliphatic carbocycles. The van der Waals surface area contributed by atoms with Gasteiger partial charge in [-0.25, -0.2) is 14.6 Å². The number of aliphatic hydroxyl groups excluding tert-OH is 4. The number of phenols is 1. The average Bonchev–Trinajstić information content (AvgIpc) is 1.38. The fourth-order valence-corrected chi connectivity index (χ4v) is 13.5. The van der Waals surface area contributed by atoms with E-state index in [4.69, 9.17) is 34.1 Å². The molecule has 4 aliphatic rings. The third-order valence-electron chi connectivity index (χ3n) is 20.0. The number of hydrogen-bond donors (Lipinski definition) is 10. The minimum absolute atomic E-state index is 0.00142. The number of carbonyl (C=O) groups excluding carboxylic acids is 8. The van der Waals surface area contributed by atoms with E-state index in [0.717, 1.165) is 4.90 Å². The number of rotatable bonds is 21. The first kappa shape index (κ1) is 77.9. The topological polar surface area (TPSA) is 419 Å². The molecule has 29 heteroatoms. The summed E-state index contributed by atoms with van der Waals surface area (Å²) in [7, 11) is 1.42. The predicted octanol–water partition coefficient (Wildman–Crippen LogP) is 6.04. The fourth-order valence-electron chi connectivity index (χ4n) is 13.5. The van der Waals surface area contributed by atoms with Crippen molar-refractivity contribution in [3.63, 3.8) is 0 Å². The van der Waals surface area contributed by atoms with Crippen LogP contribution in [-0.2, 0) is 49.6 Å². The molecule has 11 atom stereocenters. The van der Waals surface area contributed by atoms with Crippen molar-refractivity contribution in [3.8, 4) is 11.5 Å². The summed E-state index contributed by atoms with van der Waals surface area (Å²) in [4.78, 5) is 142. The number of benzene rings is 4. The summed E-state index contributed by atoms with van der Waals surface area (Å²) in [6.45, 7) is 15.6. The number of primary amides is 1. The van der Waals surface area contributed by atoms with Crippen LogP contribution in [-0.4, -0.2) is 170 Å². The lowest BCUT2D eigenvalue weighted by atomic mass is 9.78. The Hall–Kier alpha value is -10.2. The molecular formula is C75H93N9O20. The van der Waals surface area contributed by atoms with Crippen molar-refractivity contribution < 1.29 is 87.3 Å². The summed E-state index contributed by atoms with van der Waals surface area (Å²) in [6.07, 6.45) is 6.72. The number of methoxy groups -OCH3 is 1. The Kier molecular flexibility index (Phi) is 25.1. The summed E-state index contributed by atoms with van der Waals surface area (Å²) in [5, 5.41) is 68.8. The lowest BCUT2D eigenvalue weighted by Gasteiger charge is -2.36. The van der Waals surface area contributed by atoms with E-state index in [1.807, 2.05) is 4.90 Å².